The molecule has 1 aliphatic rings. The molecule has 0 unspecified atom stereocenters. The summed E-state index contributed by atoms with van der Waals surface area (Å²) >= 11 is 0. The number of carbonyl (C=O) groups excluding carboxylic acids is 2. The minimum Gasteiger partial charge on any atom is -0.465 e. The molecular formula is C28H23NO4. The van der Waals surface area contributed by atoms with Crippen molar-refractivity contribution >= 4 is 23.1 Å². The maximum Gasteiger partial charge on any atom is 0.332 e. The van der Waals surface area contributed by atoms with Crippen LogP contribution in [0.2, 0.25) is 0 Å². The van der Waals surface area contributed by atoms with Crippen molar-refractivity contribution in [3.8, 4) is 6.07 Å². The van der Waals surface area contributed by atoms with Gasteiger partial charge in [0.25, 0.3) is 0 Å². The number of esters is 2. The van der Waals surface area contributed by atoms with Crippen LogP contribution >= 0.6 is 0 Å². The fourth-order valence-electron chi connectivity index (χ4n) is 4.45. The first-order chi connectivity index (χ1) is 16.1. The highest BCUT2D eigenvalue weighted by Gasteiger charge is 2.59. The Balaban J connectivity index is 2.15. The largest absolute Gasteiger partial charge is 0.465 e. The number of hydrogen-bond donors (Lipinski definition) is 0. The summed E-state index contributed by atoms with van der Waals surface area (Å²) in [5.74, 6) is -1.34. The molecule has 0 fully saturated rings. The second-order valence-corrected chi connectivity index (χ2v) is 7.54. The molecule has 4 rings (SSSR count). The van der Waals surface area contributed by atoms with Crippen LogP contribution in [-0.2, 0) is 24.5 Å². The smallest absolute Gasteiger partial charge is 0.332 e. The van der Waals surface area contributed by atoms with E-state index in [0.29, 0.717) is 22.3 Å². The lowest BCUT2D eigenvalue weighted by molar-refractivity contribution is -0.161. The molecule has 0 heterocycles. The second kappa shape index (κ2) is 9.13. The molecule has 0 amide bonds. The number of nitriles is 1. The Labute approximate surface area is 192 Å². The average Bonchev–Trinajstić information content (AvgIpc) is 3.17. The third kappa shape index (κ3) is 3.50. The molecule has 0 N–H and O–H groups in total. The Morgan fingerprint density at radius 1 is 0.788 bits per heavy atom. The number of nitrogens with zero attached hydrogens (tertiary/aromatic N) is 1. The Kier molecular flexibility index (Phi) is 6.10. The zero-order chi connectivity index (χ0) is 23.4. The molecule has 3 aromatic rings. The van der Waals surface area contributed by atoms with Crippen LogP contribution in [0.4, 0.5) is 0 Å². The number of ether oxygens (including phenoxy) is 2. The molecule has 0 spiro atoms. The maximum atomic E-state index is 13.7. The molecule has 0 bridgehead atoms. The minimum atomic E-state index is -1.77. The number of carbonyl (C=O) groups is 2. The maximum absolute atomic E-state index is 13.7. The van der Waals surface area contributed by atoms with Crippen molar-refractivity contribution in [1.82, 2.24) is 0 Å². The molecule has 33 heavy (non-hydrogen) atoms. The molecule has 5 heteroatoms. The molecule has 0 saturated heterocycles. The number of benzene rings is 3. The van der Waals surface area contributed by atoms with Crippen LogP contribution in [0.5, 0.6) is 0 Å². The van der Waals surface area contributed by atoms with Gasteiger partial charge < -0.3 is 9.47 Å². The molecular weight excluding hydrogens is 414 g/mol. The molecule has 3 aromatic carbocycles. The van der Waals surface area contributed by atoms with Crippen LogP contribution in [0, 0.1) is 11.3 Å². The molecule has 0 aliphatic heterocycles. The summed E-state index contributed by atoms with van der Waals surface area (Å²) in [4.78, 5) is 27.4. The van der Waals surface area contributed by atoms with Gasteiger partial charge in [-0.3, -0.25) is 9.59 Å². The van der Waals surface area contributed by atoms with Crippen molar-refractivity contribution in [3.63, 3.8) is 0 Å². The summed E-state index contributed by atoms with van der Waals surface area (Å²) in [6.07, 6.45) is 0. The first-order valence-corrected chi connectivity index (χ1v) is 10.8. The van der Waals surface area contributed by atoms with Crippen LogP contribution in [-0.4, -0.2) is 25.2 Å². The van der Waals surface area contributed by atoms with E-state index in [4.69, 9.17) is 9.47 Å². The molecule has 0 atom stereocenters. The van der Waals surface area contributed by atoms with Gasteiger partial charge in [-0.15, -0.1) is 0 Å². The average molecular weight is 437 g/mol. The molecule has 0 saturated carbocycles. The van der Waals surface area contributed by atoms with Crippen molar-refractivity contribution in [1.29, 1.82) is 5.26 Å². The van der Waals surface area contributed by atoms with Crippen LogP contribution < -0.4 is 0 Å². The van der Waals surface area contributed by atoms with Gasteiger partial charge in [0.2, 0.25) is 5.41 Å². The van der Waals surface area contributed by atoms with E-state index in [1.807, 2.05) is 54.6 Å². The van der Waals surface area contributed by atoms with Gasteiger partial charge in [0.15, 0.2) is 0 Å². The zero-order valence-corrected chi connectivity index (χ0v) is 18.5. The summed E-state index contributed by atoms with van der Waals surface area (Å²) in [5.41, 5.74) is 2.79. The van der Waals surface area contributed by atoms with Crippen LogP contribution in [0.3, 0.4) is 0 Å². The van der Waals surface area contributed by atoms with Gasteiger partial charge in [0.1, 0.15) is 0 Å². The summed E-state index contributed by atoms with van der Waals surface area (Å²) in [6.45, 7) is 3.67. The van der Waals surface area contributed by atoms with Crippen molar-refractivity contribution in [3.05, 3.63) is 107 Å². The van der Waals surface area contributed by atoms with E-state index in [9.17, 15) is 14.9 Å². The highest BCUT2D eigenvalue weighted by molar-refractivity contribution is 6.27. The first-order valence-electron chi connectivity index (χ1n) is 10.8. The highest BCUT2D eigenvalue weighted by atomic mass is 16.6. The predicted molar refractivity (Wildman–Crippen MR) is 125 cm³/mol. The minimum absolute atomic E-state index is 0.121. The molecule has 164 valence electrons. The van der Waals surface area contributed by atoms with Gasteiger partial charge in [-0.05, 0) is 53.8 Å². The number of hydrogen-bond acceptors (Lipinski definition) is 5. The van der Waals surface area contributed by atoms with E-state index >= 15 is 0 Å². The van der Waals surface area contributed by atoms with Gasteiger partial charge in [0, 0.05) is 5.57 Å². The molecule has 0 radical (unpaired) electrons. The first kappa shape index (κ1) is 22.0. The summed E-state index contributed by atoms with van der Waals surface area (Å²) in [7, 11) is 0. The van der Waals surface area contributed by atoms with Gasteiger partial charge >= 0.3 is 11.9 Å². The lowest BCUT2D eigenvalue weighted by atomic mass is 9.74. The fourth-order valence-corrected chi connectivity index (χ4v) is 4.45. The lowest BCUT2D eigenvalue weighted by Gasteiger charge is -2.29. The van der Waals surface area contributed by atoms with E-state index in [0.717, 1.165) is 16.7 Å². The van der Waals surface area contributed by atoms with Crippen molar-refractivity contribution in [2.45, 2.75) is 19.3 Å². The van der Waals surface area contributed by atoms with Crippen molar-refractivity contribution < 1.29 is 19.1 Å². The third-order valence-electron chi connectivity index (χ3n) is 5.75. The monoisotopic (exact) mass is 437 g/mol. The Morgan fingerprint density at radius 3 is 1.94 bits per heavy atom. The fraction of sp³-hybridized carbons (Fsp3) is 0.179. The Morgan fingerprint density at radius 2 is 1.36 bits per heavy atom. The summed E-state index contributed by atoms with van der Waals surface area (Å²) in [5, 5.41) is 9.24. The zero-order valence-electron chi connectivity index (χ0n) is 18.5. The SMILES string of the molecule is CCOC(=O)C1(C(=O)OCC)C(c2ccccc2)=C(c2ccc(C#N)cc2)c2ccccc21. The molecule has 1 aliphatic carbocycles. The van der Waals surface area contributed by atoms with Gasteiger partial charge in [-0.25, -0.2) is 0 Å². The second-order valence-electron chi connectivity index (χ2n) is 7.54. The quantitative estimate of drug-likeness (QED) is 0.405. The molecule has 5 nitrogen and oxygen atoms in total. The van der Waals surface area contributed by atoms with Crippen LogP contribution in [0.25, 0.3) is 11.1 Å². The lowest BCUT2D eigenvalue weighted by Crippen LogP contribution is -2.46. The highest BCUT2D eigenvalue weighted by Crippen LogP contribution is 2.54. The Hall–Kier alpha value is -4.17. The van der Waals surface area contributed by atoms with E-state index in [2.05, 4.69) is 6.07 Å². The normalized spacial score (nSPS) is 13.7. The van der Waals surface area contributed by atoms with Crippen LogP contribution in [0.1, 0.15) is 41.7 Å². The number of rotatable bonds is 6. The standard InChI is InChI=1S/C28H23NO4/c1-3-32-26(30)28(27(31)33-4-2)23-13-9-8-12-22(23)24(20-16-14-19(18-29)15-17-20)25(28)21-10-6-5-7-11-21/h5-17H,3-4H2,1-2H3. The topological polar surface area (TPSA) is 76.4 Å². The summed E-state index contributed by atoms with van der Waals surface area (Å²) in [6, 6.07) is 25.9. The molecule has 0 aromatic heterocycles. The van der Waals surface area contributed by atoms with Crippen molar-refractivity contribution in [2.24, 2.45) is 0 Å². The van der Waals surface area contributed by atoms with Gasteiger partial charge in [0.05, 0.1) is 24.8 Å². The van der Waals surface area contributed by atoms with Crippen LogP contribution in [0.15, 0.2) is 78.9 Å². The van der Waals surface area contributed by atoms with E-state index < -0.39 is 17.4 Å². The number of fused-ring (bicyclic) bond motifs is 1. The summed E-state index contributed by atoms with van der Waals surface area (Å²) < 4.78 is 11.0. The van der Waals surface area contributed by atoms with E-state index in [-0.39, 0.29) is 13.2 Å². The van der Waals surface area contributed by atoms with Gasteiger partial charge in [-0.2, -0.15) is 5.26 Å². The van der Waals surface area contributed by atoms with Crippen molar-refractivity contribution in [2.75, 3.05) is 13.2 Å². The van der Waals surface area contributed by atoms with E-state index in [1.165, 1.54) is 0 Å². The predicted octanol–water partition coefficient (Wildman–Crippen LogP) is 4.89. The van der Waals surface area contributed by atoms with E-state index in [1.54, 1.807) is 38.1 Å². The van der Waals surface area contributed by atoms with Gasteiger partial charge in [-0.1, -0.05) is 66.7 Å². The Bertz CT molecular complexity index is 1250. The third-order valence-corrected chi connectivity index (χ3v) is 5.75.